The van der Waals surface area contributed by atoms with Gasteiger partial charge in [-0.2, -0.15) is 0 Å². The third kappa shape index (κ3) is 3.13. The summed E-state index contributed by atoms with van der Waals surface area (Å²) in [6.45, 7) is 3.19. The summed E-state index contributed by atoms with van der Waals surface area (Å²) in [6, 6.07) is -1.56. The summed E-state index contributed by atoms with van der Waals surface area (Å²) in [5, 5.41) is 8.97. The summed E-state index contributed by atoms with van der Waals surface area (Å²) in [5.74, 6) is -1.15. The smallest absolute Gasteiger partial charge is 0.332 e. The molecule has 19 heavy (non-hydrogen) atoms. The number of aromatic nitrogens is 2. The van der Waals surface area contributed by atoms with Gasteiger partial charge in [0.2, 0.25) is 0 Å². The van der Waals surface area contributed by atoms with E-state index < -0.39 is 29.3 Å². The number of aliphatic carboxylic acids is 1. The molecule has 7 nitrogen and oxygen atoms in total. The highest BCUT2D eigenvalue weighted by Gasteiger charge is 2.21. The molecule has 0 radical (unpaired) electrons. The number of hydrogen-bond donors (Lipinski definition) is 1. The second-order valence-electron chi connectivity index (χ2n) is 4.16. The maximum Gasteiger partial charge on any atom is 0.332 e. The van der Waals surface area contributed by atoms with Crippen LogP contribution in [0.1, 0.15) is 25.9 Å². The van der Waals surface area contributed by atoms with Crippen LogP contribution in [-0.4, -0.2) is 33.9 Å². The van der Waals surface area contributed by atoms with Crippen molar-refractivity contribution in [3.63, 3.8) is 0 Å². The maximum atomic E-state index is 12.2. The van der Waals surface area contributed by atoms with Crippen molar-refractivity contribution >= 4 is 21.9 Å². The van der Waals surface area contributed by atoms with E-state index in [4.69, 9.17) is 9.84 Å². The van der Waals surface area contributed by atoms with Crippen LogP contribution in [0.25, 0.3) is 0 Å². The van der Waals surface area contributed by atoms with E-state index in [1.165, 1.54) is 20.2 Å². The Labute approximate surface area is 117 Å². The standard InChI is InChI=1S/C11H15BrN2O5/c1-6(5-19-3)14-9(15)8(12)4-13(11(14)18)7(2)10(16)17/h4,6-7H,5H2,1-3H3,(H,16,17)/t6-,7?/m0/s1. The average Bonchev–Trinajstić information content (AvgIpc) is 2.33. The molecule has 0 spiro atoms. The summed E-state index contributed by atoms with van der Waals surface area (Å²) in [6.07, 6.45) is 1.19. The van der Waals surface area contributed by atoms with Crippen LogP contribution in [0.5, 0.6) is 0 Å². The monoisotopic (exact) mass is 334 g/mol. The molecule has 0 bridgehead atoms. The minimum absolute atomic E-state index is 0.128. The van der Waals surface area contributed by atoms with Gasteiger partial charge in [0.05, 0.1) is 17.1 Å². The van der Waals surface area contributed by atoms with Gasteiger partial charge in [-0.15, -0.1) is 0 Å². The predicted molar refractivity (Wildman–Crippen MR) is 71.6 cm³/mol. The zero-order chi connectivity index (χ0) is 14.7. The first-order chi connectivity index (χ1) is 8.81. The predicted octanol–water partition coefficient (Wildman–Crippen LogP) is 0.626. The van der Waals surface area contributed by atoms with Crippen molar-refractivity contribution in [3.8, 4) is 0 Å². The SMILES string of the molecule is COC[C@H](C)n1c(=O)c(Br)cn(C(C)C(=O)O)c1=O. The van der Waals surface area contributed by atoms with E-state index in [9.17, 15) is 14.4 Å². The molecule has 0 saturated heterocycles. The molecule has 106 valence electrons. The first-order valence-electron chi connectivity index (χ1n) is 5.56. The highest BCUT2D eigenvalue weighted by Crippen LogP contribution is 2.08. The van der Waals surface area contributed by atoms with Crippen molar-refractivity contribution in [3.05, 3.63) is 31.5 Å². The zero-order valence-corrected chi connectivity index (χ0v) is 12.4. The molecule has 1 unspecified atom stereocenters. The Bertz CT molecular complexity index is 592. The number of methoxy groups -OCH3 is 1. The molecule has 0 aliphatic heterocycles. The molecule has 0 fully saturated rings. The number of carboxylic acid groups (broad SMARTS) is 1. The lowest BCUT2D eigenvalue weighted by atomic mass is 10.3. The molecule has 1 heterocycles. The third-order valence-corrected chi connectivity index (χ3v) is 3.27. The summed E-state index contributed by atoms with van der Waals surface area (Å²) < 4.78 is 7.02. The van der Waals surface area contributed by atoms with Gasteiger partial charge in [-0.3, -0.25) is 13.9 Å². The lowest BCUT2D eigenvalue weighted by Gasteiger charge is -2.18. The Morgan fingerprint density at radius 2 is 2.05 bits per heavy atom. The van der Waals surface area contributed by atoms with E-state index in [-0.39, 0.29) is 11.1 Å². The minimum Gasteiger partial charge on any atom is -0.480 e. The van der Waals surface area contributed by atoms with Crippen molar-refractivity contribution < 1.29 is 14.6 Å². The van der Waals surface area contributed by atoms with Gasteiger partial charge in [0.25, 0.3) is 5.56 Å². The van der Waals surface area contributed by atoms with E-state index in [1.54, 1.807) is 6.92 Å². The number of carboxylic acids is 1. The Hall–Kier alpha value is -1.41. The molecule has 0 aliphatic carbocycles. The lowest BCUT2D eigenvalue weighted by Crippen LogP contribution is -2.44. The average molecular weight is 335 g/mol. The van der Waals surface area contributed by atoms with Crippen LogP contribution in [0.2, 0.25) is 0 Å². The lowest BCUT2D eigenvalue weighted by molar-refractivity contribution is -0.140. The molecule has 0 aliphatic rings. The van der Waals surface area contributed by atoms with Gasteiger partial charge in [0.15, 0.2) is 0 Å². The van der Waals surface area contributed by atoms with Gasteiger partial charge in [0.1, 0.15) is 6.04 Å². The van der Waals surface area contributed by atoms with Crippen LogP contribution in [0.15, 0.2) is 20.3 Å². The van der Waals surface area contributed by atoms with Crippen LogP contribution in [-0.2, 0) is 9.53 Å². The number of ether oxygens (including phenoxy) is 1. The van der Waals surface area contributed by atoms with Gasteiger partial charge in [-0.05, 0) is 29.8 Å². The van der Waals surface area contributed by atoms with Crippen molar-refractivity contribution in [2.75, 3.05) is 13.7 Å². The zero-order valence-electron chi connectivity index (χ0n) is 10.8. The van der Waals surface area contributed by atoms with E-state index in [0.29, 0.717) is 0 Å². The molecule has 2 atom stereocenters. The number of hydrogen-bond acceptors (Lipinski definition) is 4. The largest absolute Gasteiger partial charge is 0.480 e. The van der Waals surface area contributed by atoms with Crippen LogP contribution in [0.3, 0.4) is 0 Å². The molecule has 1 aromatic heterocycles. The molecule has 0 aromatic carbocycles. The maximum absolute atomic E-state index is 12.2. The highest BCUT2D eigenvalue weighted by molar-refractivity contribution is 9.10. The summed E-state index contributed by atoms with van der Waals surface area (Å²) >= 11 is 3.04. The molecule has 1 N–H and O–H groups in total. The Balaban J connectivity index is 3.52. The van der Waals surface area contributed by atoms with E-state index >= 15 is 0 Å². The third-order valence-electron chi connectivity index (χ3n) is 2.73. The van der Waals surface area contributed by atoms with Gasteiger partial charge in [-0.1, -0.05) is 0 Å². The fraction of sp³-hybridized carbons (Fsp3) is 0.545. The molecule has 0 saturated carbocycles. The van der Waals surface area contributed by atoms with Crippen molar-refractivity contribution in [1.29, 1.82) is 0 Å². The van der Waals surface area contributed by atoms with Gasteiger partial charge in [0, 0.05) is 13.3 Å². The number of carbonyl (C=O) groups is 1. The van der Waals surface area contributed by atoms with E-state index in [1.807, 2.05) is 0 Å². The van der Waals surface area contributed by atoms with Gasteiger partial charge in [-0.25, -0.2) is 9.59 Å². The van der Waals surface area contributed by atoms with Crippen LogP contribution in [0, 0.1) is 0 Å². The quantitative estimate of drug-likeness (QED) is 0.852. The van der Waals surface area contributed by atoms with E-state index in [2.05, 4.69) is 15.9 Å². The second-order valence-corrected chi connectivity index (χ2v) is 5.01. The highest BCUT2D eigenvalue weighted by atomic mass is 79.9. The Kier molecular flexibility index (Phi) is 5.07. The Morgan fingerprint density at radius 1 is 1.47 bits per heavy atom. The summed E-state index contributed by atoms with van der Waals surface area (Å²) in [5.41, 5.74) is -1.18. The molecule has 8 heteroatoms. The number of halogens is 1. The van der Waals surface area contributed by atoms with Crippen molar-refractivity contribution in [2.24, 2.45) is 0 Å². The first kappa shape index (κ1) is 15.6. The first-order valence-corrected chi connectivity index (χ1v) is 6.35. The number of nitrogens with zero attached hydrogens (tertiary/aromatic N) is 2. The van der Waals surface area contributed by atoms with Crippen molar-refractivity contribution in [1.82, 2.24) is 9.13 Å². The molecular weight excluding hydrogens is 320 g/mol. The number of rotatable bonds is 5. The van der Waals surface area contributed by atoms with Crippen LogP contribution >= 0.6 is 15.9 Å². The fourth-order valence-electron chi connectivity index (χ4n) is 1.66. The minimum atomic E-state index is -1.15. The molecule has 1 aromatic rings. The molecular formula is C11H15BrN2O5. The molecule has 0 amide bonds. The second kappa shape index (κ2) is 6.16. The summed E-state index contributed by atoms with van der Waals surface area (Å²) in [4.78, 5) is 35.1. The normalized spacial score (nSPS) is 14.1. The molecule has 1 rings (SSSR count). The topological polar surface area (TPSA) is 90.5 Å². The van der Waals surface area contributed by atoms with Crippen LogP contribution < -0.4 is 11.2 Å². The van der Waals surface area contributed by atoms with Crippen LogP contribution in [0.4, 0.5) is 0 Å². The summed E-state index contributed by atoms with van der Waals surface area (Å²) in [7, 11) is 1.46. The Morgan fingerprint density at radius 3 is 2.53 bits per heavy atom. The fourth-order valence-corrected chi connectivity index (χ4v) is 2.07. The van der Waals surface area contributed by atoms with Gasteiger partial charge < -0.3 is 9.84 Å². The van der Waals surface area contributed by atoms with Gasteiger partial charge >= 0.3 is 11.7 Å². The van der Waals surface area contributed by atoms with E-state index in [0.717, 1.165) is 9.13 Å². The van der Waals surface area contributed by atoms with Crippen molar-refractivity contribution in [2.45, 2.75) is 25.9 Å².